The summed E-state index contributed by atoms with van der Waals surface area (Å²) in [6.07, 6.45) is 2.17. The van der Waals surface area contributed by atoms with Crippen LogP contribution in [0.5, 0.6) is 5.75 Å². The number of nitrogens with zero attached hydrogens (tertiary/aromatic N) is 2. The van der Waals surface area contributed by atoms with Crippen LogP contribution in [0.4, 0.5) is 5.69 Å². The Morgan fingerprint density at radius 1 is 1.50 bits per heavy atom. The summed E-state index contributed by atoms with van der Waals surface area (Å²) in [5.41, 5.74) is -0.161. The Labute approximate surface area is 109 Å². The molecule has 0 heterocycles. The predicted molar refractivity (Wildman–Crippen MR) is 65.5 cm³/mol. The van der Waals surface area contributed by atoms with Gasteiger partial charge in [-0.2, -0.15) is 5.26 Å². The highest BCUT2D eigenvalue weighted by atomic mass is 35.5. The molecule has 1 fully saturated rings. The Hall–Kier alpha value is -1.80. The number of ether oxygens (including phenoxy) is 1. The van der Waals surface area contributed by atoms with E-state index < -0.39 is 4.92 Å². The van der Waals surface area contributed by atoms with Crippen LogP contribution in [-0.4, -0.2) is 11.0 Å². The molecule has 0 N–H and O–H groups in total. The lowest BCUT2D eigenvalue weighted by Crippen LogP contribution is -2.20. The monoisotopic (exact) mass is 266 g/mol. The van der Waals surface area contributed by atoms with Crippen molar-refractivity contribution in [1.29, 1.82) is 5.26 Å². The van der Waals surface area contributed by atoms with Crippen LogP contribution in [0.3, 0.4) is 0 Å². The van der Waals surface area contributed by atoms with Crippen molar-refractivity contribution in [2.75, 3.05) is 0 Å². The van der Waals surface area contributed by atoms with Crippen LogP contribution in [0.15, 0.2) is 18.2 Å². The van der Waals surface area contributed by atoms with Gasteiger partial charge >= 0.3 is 5.69 Å². The fourth-order valence-electron chi connectivity index (χ4n) is 2.11. The fourth-order valence-corrected chi connectivity index (χ4v) is 2.28. The first-order chi connectivity index (χ1) is 8.61. The third-order valence-electron chi connectivity index (χ3n) is 3.01. The van der Waals surface area contributed by atoms with Gasteiger partial charge in [0.25, 0.3) is 0 Å². The van der Waals surface area contributed by atoms with Crippen LogP contribution in [0.1, 0.15) is 19.3 Å². The fraction of sp³-hybridized carbons (Fsp3) is 0.417. The maximum atomic E-state index is 10.9. The molecule has 1 aliphatic carbocycles. The Bertz CT molecular complexity index is 513. The molecule has 1 aromatic carbocycles. The van der Waals surface area contributed by atoms with E-state index in [0.29, 0.717) is 0 Å². The van der Waals surface area contributed by atoms with Crippen molar-refractivity contribution >= 4 is 17.3 Å². The third kappa shape index (κ3) is 2.54. The summed E-state index contributed by atoms with van der Waals surface area (Å²) in [4.78, 5) is 10.4. The zero-order chi connectivity index (χ0) is 13.1. The highest BCUT2D eigenvalue weighted by Crippen LogP contribution is 2.35. The standard InChI is InChI=1S/C12H11ClN2O3/c13-9-4-5-12(10(6-9)15(16)17)18-11-3-1-2-8(11)7-14/h4-6,8,11H,1-3H2. The molecule has 5 nitrogen and oxygen atoms in total. The van der Waals surface area contributed by atoms with E-state index >= 15 is 0 Å². The maximum absolute atomic E-state index is 10.9. The summed E-state index contributed by atoms with van der Waals surface area (Å²) in [6.45, 7) is 0. The van der Waals surface area contributed by atoms with Crippen molar-refractivity contribution in [2.24, 2.45) is 5.92 Å². The summed E-state index contributed by atoms with van der Waals surface area (Å²) in [6, 6.07) is 6.45. The number of nitro groups is 1. The van der Waals surface area contributed by atoms with Gasteiger partial charge in [-0.15, -0.1) is 0 Å². The van der Waals surface area contributed by atoms with E-state index in [4.69, 9.17) is 21.6 Å². The number of nitriles is 1. The van der Waals surface area contributed by atoms with Crippen molar-refractivity contribution in [3.63, 3.8) is 0 Å². The molecule has 0 aromatic heterocycles. The third-order valence-corrected chi connectivity index (χ3v) is 3.25. The average Bonchev–Trinajstić information content (AvgIpc) is 2.78. The minimum atomic E-state index is -0.530. The molecule has 94 valence electrons. The first kappa shape index (κ1) is 12.7. The molecular formula is C12H11ClN2O3. The number of benzene rings is 1. The van der Waals surface area contributed by atoms with Crippen molar-refractivity contribution in [3.8, 4) is 11.8 Å². The summed E-state index contributed by atoms with van der Waals surface area (Å²) >= 11 is 5.72. The van der Waals surface area contributed by atoms with Gasteiger partial charge in [-0.25, -0.2) is 0 Å². The molecule has 0 amide bonds. The molecule has 1 aromatic rings. The van der Waals surface area contributed by atoms with Crippen LogP contribution >= 0.6 is 11.6 Å². The number of hydrogen-bond donors (Lipinski definition) is 0. The summed E-state index contributed by atoms with van der Waals surface area (Å²) in [5.74, 6) is -0.0168. The van der Waals surface area contributed by atoms with Gasteiger partial charge in [-0.1, -0.05) is 11.6 Å². The van der Waals surface area contributed by atoms with Crippen molar-refractivity contribution in [1.82, 2.24) is 0 Å². The Kier molecular flexibility index (Phi) is 3.68. The van der Waals surface area contributed by atoms with Crippen molar-refractivity contribution in [2.45, 2.75) is 25.4 Å². The van der Waals surface area contributed by atoms with Crippen LogP contribution in [0.2, 0.25) is 5.02 Å². The molecule has 2 unspecified atom stereocenters. The highest BCUT2D eigenvalue weighted by molar-refractivity contribution is 6.30. The van der Waals surface area contributed by atoms with E-state index in [1.807, 2.05) is 0 Å². The first-order valence-corrected chi connectivity index (χ1v) is 6.00. The quantitative estimate of drug-likeness (QED) is 0.621. The van der Waals surface area contributed by atoms with E-state index in [1.54, 1.807) is 6.07 Å². The molecule has 0 radical (unpaired) electrons. The van der Waals surface area contributed by atoms with Gasteiger partial charge in [0.1, 0.15) is 6.10 Å². The normalized spacial score (nSPS) is 22.4. The second kappa shape index (κ2) is 5.23. The molecule has 0 bridgehead atoms. The molecular weight excluding hydrogens is 256 g/mol. The minimum Gasteiger partial charge on any atom is -0.482 e. The van der Waals surface area contributed by atoms with Gasteiger partial charge in [-0.3, -0.25) is 10.1 Å². The van der Waals surface area contributed by atoms with Crippen molar-refractivity contribution < 1.29 is 9.66 Å². The molecule has 18 heavy (non-hydrogen) atoms. The van der Waals surface area contributed by atoms with E-state index in [-0.39, 0.29) is 28.5 Å². The largest absolute Gasteiger partial charge is 0.482 e. The summed E-state index contributed by atoms with van der Waals surface area (Å²) in [7, 11) is 0. The minimum absolute atomic E-state index is 0.161. The van der Waals surface area contributed by atoms with Gasteiger partial charge < -0.3 is 4.74 Å². The lowest BCUT2D eigenvalue weighted by atomic mass is 10.1. The Morgan fingerprint density at radius 2 is 2.28 bits per heavy atom. The van der Waals surface area contributed by atoms with E-state index in [9.17, 15) is 10.1 Å². The number of nitro benzene ring substituents is 1. The lowest BCUT2D eigenvalue weighted by molar-refractivity contribution is -0.386. The SMILES string of the molecule is N#CC1CCCC1Oc1ccc(Cl)cc1[N+](=O)[O-]. The average molecular weight is 267 g/mol. The van der Waals surface area contributed by atoms with Crippen LogP contribution in [0.25, 0.3) is 0 Å². The van der Waals surface area contributed by atoms with Crippen LogP contribution in [0, 0.1) is 27.4 Å². The zero-order valence-electron chi connectivity index (χ0n) is 9.51. The Balaban J connectivity index is 2.24. The van der Waals surface area contributed by atoms with Crippen LogP contribution in [-0.2, 0) is 0 Å². The molecule has 6 heteroatoms. The predicted octanol–water partition coefficient (Wildman–Crippen LogP) is 3.32. The molecule has 0 spiro atoms. The van der Waals surface area contributed by atoms with E-state index in [2.05, 4.69) is 6.07 Å². The van der Waals surface area contributed by atoms with Gasteiger partial charge in [0.15, 0.2) is 5.75 Å². The van der Waals surface area contributed by atoms with E-state index in [1.165, 1.54) is 12.1 Å². The lowest BCUT2D eigenvalue weighted by Gasteiger charge is -2.16. The first-order valence-electron chi connectivity index (χ1n) is 5.62. The molecule has 0 aliphatic heterocycles. The maximum Gasteiger partial charge on any atom is 0.312 e. The zero-order valence-corrected chi connectivity index (χ0v) is 10.3. The van der Waals surface area contributed by atoms with Gasteiger partial charge in [-0.05, 0) is 31.4 Å². The number of rotatable bonds is 3. The molecule has 2 atom stereocenters. The topological polar surface area (TPSA) is 76.2 Å². The van der Waals surface area contributed by atoms with Gasteiger partial charge in [0, 0.05) is 11.1 Å². The van der Waals surface area contributed by atoms with E-state index in [0.717, 1.165) is 19.3 Å². The highest BCUT2D eigenvalue weighted by Gasteiger charge is 2.30. The number of hydrogen-bond acceptors (Lipinski definition) is 4. The summed E-state index contributed by atoms with van der Waals surface area (Å²) < 4.78 is 5.60. The van der Waals surface area contributed by atoms with Gasteiger partial charge in [0.2, 0.25) is 0 Å². The smallest absolute Gasteiger partial charge is 0.312 e. The van der Waals surface area contributed by atoms with Crippen molar-refractivity contribution in [3.05, 3.63) is 33.3 Å². The van der Waals surface area contributed by atoms with Gasteiger partial charge in [0.05, 0.1) is 16.9 Å². The molecule has 2 rings (SSSR count). The summed E-state index contributed by atoms with van der Waals surface area (Å²) in [5, 5.41) is 20.1. The molecule has 1 saturated carbocycles. The molecule has 0 saturated heterocycles. The second-order valence-electron chi connectivity index (χ2n) is 4.19. The second-order valence-corrected chi connectivity index (χ2v) is 4.63. The Morgan fingerprint density at radius 3 is 2.94 bits per heavy atom. The molecule has 1 aliphatic rings. The number of halogens is 1. The van der Waals surface area contributed by atoms with Crippen LogP contribution < -0.4 is 4.74 Å².